The summed E-state index contributed by atoms with van der Waals surface area (Å²) in [7, 11) is 1.43. The molecular formula is C14H16Cl2O2. The average Bonchev–Trinajstić information content (AvgIpc) is 2.87. The summed E-state index contributed by atoms with van der Waals surface area (Å²) in [4.78, 5) is 12.0. The highest BCUT2D eigenvalue weighted by Gasteiger charge is 2.33. The summed E-state index contributed by atoms with van der Waals surface area (Å²) in [5, 5.41) is 0.997. The fourth-order valence-electron chi connectivity index (χ4n) is 2.72. The van der Waals surface area contributed by atoms with E-state index < -0.39 is 0 Å². The first-order valence-electron chi connectivity index (χ1n) is 6.16. The molecule has 98 valence electrons. The molecule has 2 nitrogen and oxygen atoms in total. The van der Waals surface area contributed by atoms with Crippen molar-refractivity contribution in [1.29, 1.82) is 0 Å². The average molecular weight is 287 g/mol. The minimum absolute atomic E-state index is 0.180. The van der Waals surface area contributed by atoms with Crippen molar-refractivity contribution in [2.75, 3.05) is 7.11 Å². The molecule has 0 heterocycles. The molecule has 0 amide bonds. The molecule has 0 radical (unpaired) electrons. The lowest BCUT2D eigenvalue weighted by Gasteiger charge is -2.21. The largest absolute Gasteiger partial charge is 0.469 e. The van der Waals surface area contributed by atoms with E-state index in [1.807, 2.05) is 6.07 Å². The van der Waals surface area contributed by atoms with E-state index in [4.69, 9.17) is 27.9 Å². The van der Waals surface area contributed by atoms with Crippen LogP contribution in [0.1, 0.15) is 37.2 Å². The van der Waals surface area contributed by atoms with Gasteiger partial charge in [-0.05, 0) is 36.5 Å². The predicted octanol–water partition coefficient (Wildman–Crippen LogP) is 4.44. The van der Waals surface area contributed by atoms with Crippen LogP contribution in [0.25, 0.3) is 0 Å². The monoisotopic (exact) mass is 286 g/mol. The van der Waals surface area contributed by atoms with E-state index in [0.717, 1.165) is 18.4 Å². The molecular weight excluding hydrogens is 271 g/mol. The zero-order valence-electron chi connectivity index (χ0n) is 10.3. The third-order valence-electron chi connectivity index (χ3n) is 3.63. The Balaban J connectivity index is 2.32. The number of esters is 1. The normalized spacial score (nSPS) is 17.7. The fraction of sp³-hybridized carbons (Fsp3) is 0.500. The van der Waals surface area contributed by atoms with E-state index in [2.05, 4.69) is 0 Å². The van der Waals surface area contributed by atoms with Gasteiger partial charge in [0.1, 0.15) is 0 Å². The molecule has 0 aromatic heterocycles. The van der Waals surface area contributed by atoms with Crippen LogP contribution >= 0.6 is 23.2 Å². The Hall–Kier alpha value is -0.730. The van der Waals surface area contributed by atoms with Crippen molar-refractivity contribution in [2.45, 2.75) is 31.6 Å². The molecule has 1 aromatic carbocycles. The van der Waals surface area contributed by atoms with Crippen LogP contribution in [0.5, 0.6) is 0 Å². The molecule has 1 atom stereocenters. The van der Waals surface area contributed by atoms with Gasteiger partial charge in [-0.2, -0.15) is 0 Å². The Bertz CT molecular complexity index is 439. The second kappa shape index (κ2) is 5.94. The lowest BCUT2D eigenvalue weighted by atomic mass is 9.85. The van der Waals surface area contributed by atoms with Crippen LogP contribution in [0.3, 0.4) is 0 Å². The molecule has 2 rings (SSSR count). The first-order chi connectivity index (χ1) is 8.63. The van der Waals surface area contributed by atoms with E-state index in [1.165, 1.54) is 20.0 Å². The van der Waals surface area contributed by atoms with Crippen molar-refractivity contribution in [3.8, 4) is 0 Å². The van der Waals surface area contributed by atoms with Gasteiger partial charge in [-0.15, -0.1) is 0 Å². The molecule has 1 aliphatic rings. The van der Waals surface area contributed by atoms with Crippen molar-refractivity contribution >= 4 is 29.2 Å². The van der Waals surface area contributed by atoms with Crippen LogP contribution in [0.4, 0.5) is 0 Å². The molecule has 0 N–H and O–H groups in total. The van der Waals surface area contributed by atoms with Crippen molar-refractivity contribution in [3.05, 3.63) is 33.8 Å². The number of benzene rings is 1. The molecule has 0 aliphatic heterocycles. The van der Waals surface area contributed by atoms with E-state index in [9.17, 15) is 4.79 Å². The first kappa shape index (κ1) is 13.7. The third-order valence-corrected chi connectivity index (χ3v) is 4.37. The zero-order valence-corrected chi connectivity index (χ0v) is 11.8. The molecule has 0 bridgehead atoms. The highest BCUT2D eigenvalue weighted by molar-refractivity contribution is 6.42. The summed E-state index contributed by atoms with van der Waals surface area (Å²) in [6.45, 7) is 0. The van der Waals surface area contributed by atoms with Gasteiger partial charge in [0.25, 0.3) is 0 Å². The Morgan fingerprint density at radius 2 is 1.94 bits per heavy atom. The summed E-state index contributed by atoms with van der Waals surface area (Å²) >= 11 is 11.9. The second-order valence-electron chi connectivity index (χ2n) is 4.72. The van der Waals surface area contributed by atoms with Crippen LogP contribution in [0.15, 0.2) is 18.2 Å². The number of hydrogen-bond acceptors (Lipinski definition) is 2. The minimum atomic E-state index is -0.215. The molecule has 1 aromatic rings. The Morgan fingerprint density at radius 1 is 1.28 bits per heavy atom. The molecule has 18 heavy (non-hydrogen) atoms. The van der Waals surface area contributed by atoms with Gasteiger partial charge in [-0.1, -0.05) is 42.1 Å². The van der Waals surface area contributed by atoms with Crippen LogP contribution in [-0.4, -0.2) is 13.1 Å². The molecule has 1 saturated carbocycles. The number of carbonyl (C=O) groups is 1. The van der Waals surface area contributed by atoms with Crippen LogP contribution in [0.2, 0.25) is 10.0 Å². The number of carbonyl (C=O) groups excluding carboxylic acids is 1. The summed E-state index contributed by atoms with van der Waals surface area (Å²) in [5.41, 5.74) is 0.906. The molecule has 0 spiro atoms. The molecule has 4 heteroatoms. The topological polar surface area (TPSA) is 26.3 Å². The lowest BCUT2D eigenvalue weighted by Crippen LogP contribution is -2.21. The van der Waals surface area contributed by atoms with Crippen LogP contribution in [0, 0.1) is 5.92 Å². The summed E-state index contributed by atoms with van der Waals surface area (Å²) in [6.07, 6.45) is 4.50. The van der Waals surface area contributed by atoms with Gasteiger partial charge in [0.2, 0.25) is 0 Å². The van der Waals surface area contributed by atoms with Crippen molar-refractivity contribution in [1.82, 2.24) is 0 Å². The van der Waals surface area contributed by atoms with Crippen LogP contribution < -0.4 is 0 Å². The fourth-order valence-corrected chi connectivity index (χ4v) is 3.03. The van der Waals surface area contributed by atoms with Gasteiger partial charge in [0, 0.05) is 0 Å². The number of methoxy groups -OCH3 is 1. The number of ether oxygens (including phenoxy) is 1. The molecule has 1 aliphatic carbocycles. The van der Waals surface area contributed by atoms with Gasteiger partial charge in [0.15, 0.2) is 0 Å². The predicted molar refractivity (Wildman–Crippen MR) is 73.2 cm³/mol. The third kappa shape index (κ3) is 2.81. The smallest absolute Gasteiger partial charge is 0.313 e. The van der Waals surface area contributed by atoms with Crippen molar-refractivity contribution < 1.29 is 9.53 Å². The highest BCUT2D eigenvalue weighted by Crippen LogP contribution is 2.39. The standard InChI is InChI=1S/C14H16Cl2O2/c1-18-14(17)13(9-4-2-3-5-9)10-6-7-11(15)12(16)8-10/h6-9,13H,2-5H2,1H3. The van der Waals surface area contributed by atoms with Gasteiger partial charge in [0.05, 0.1) is 23.1 Å². The maximum atomic E-state index is 12.0. The maximum absolute atomic E-state index is 12.0. The quantitative estimate of drug-likeness (QED) is 0.768. The number of rotatable bonds is 3. The lowest BCUT2D eigenvalue weighted by molar-refractivity contribution is -0.143. The van der Waals surface area contributed by atoms with E-state index >= 15 is 0 Å². The van der Waals surface area contributed by atoms with E-state index in [-0.39, 0.29) is 11.9 Å². The van der Waals surface area contributed by atoms with Gasteiger partial charge < -0.3 is 4.74 Å². The van der Waals surface area contributed by atoms with Crippen molar-refractivity contribution in [2.24, 2.45) is 5.92 Å². The van der Waals surface area contributed by atoms with Gasteiger partial charge in [-0.3, -0.25) is 4.79 Å². The van der Waals surface area contributed by atoms with Gasteiger partial charge >= 0.3 is 5.97 Å². The summed E-state index contributed by atoms with van der Waals surface area (Å²) < 4.78 is 4.93. The summed E-state index contributed by atoms with van der Waals surface area (Å²) in [5.74, 6) is -0.0396. The van der Waals surface area contributed by atoms with E-state index in [1.54, 1.807) is 12.1 Å². The summed E-state index contributed by atoms with van der Waals surface area (Å²) in [6, 6.07) is 5.39. The number of hydrogen-bond donors (Lipinski definition) is 0. The molecule has 0 saturated heterocycles. The molecule has 1 unspecified atom stereocenters. The number of halogens is 2. The Kier molecular flexibility index (Phi) is 4.52. The SMILES string of the molecule is COC(=O)C(c1ccc(Cl)c(Cl)c1)C1CCCC1. The Labute approximate surface area is 117 Å². The highest BCUT2D eigenvalue weighted by atomic mass is 35.5. The maximum Gasteiger partial charge on any atom is 0.313 e. The zero-order chi connectivity index (χ0) is 13.1. The minimum Gasteiger partial charge on any atom is -0.469 e. The van der Waals surface area contributed by atoms with Crippen LogP contribution in [-0.2, 0) is 9.53 Å². The van der Waals surface area contributed by atoms with Gasteiger partial charge in [-0.25, -0.2) is 0 Å². The first-order valence-corrected chi connectivity index (χ1v) is 6.92. The Morgan fingerprint density at radius 3 is 2.50 bits per heavy atom. The van der Waals surface area contributed by atoms with E-state index in [0.29, 0.717) is 16.0 Å². The molecule has 1 fully saturated rings. The van der Waals surface area contributed by atoms with Crippen molar-refractivity contribution in [3.63, 3.8) is 0 Å². The second-order valence-corrected chi connectivity index (χ2v) is 5.53.